The van der Waals surface area contributed by atoms with Crippen LogP contribution in [0.2, 0.25) is 0 Å². The Morgan fingerprint density at radius 3 is 2.64 bits per heavy atom. The molecule has 1 N–H and O–H groups in total. The lowest BCUT2D eigenvalue weighted by atomic mass is 9.71. The molecule has 0 spiro atoms. The van der Waals surface area contributed by atoms with Crippen LogP contribution in [0.5, 0.6) is 0 Å². The van der Waals surface area contributed by atoms with Crippen LogP contribution >= 0.6 is 0 Å². The molecule has 1 saturated carbocycles. The number of nitrogens with one attached hydrogen (secondary N) is 1. The van der Waals surface area contributed by atoms with Gasteiger partial charge in [-0.3, -0.25) is 0 Å². The molecule has 3 atom stereocenters. The van der Waals surface area contributed by atoms with E-state index in [1.54, 1.807) is 5.56 Å². The van der Waals surface area contributed by atoms with Gasteiger partial charge in [-0.05, 0) is 60.6 Å². The number of fused-ring (bicyclic) bond motifs is 3. The average Bonchev–Trinajstić information content (AvgIpc) is 2.60. The lowest BCUT2D eigenvalue weighted by molar-refractivity contribution is 0.231. The minimum absolute atomic E-state index is 0.699. The molecule has 0 radical (unpaired) electrons. The van der Waals surface area contributed by atoms with Gasteiger partial charge >= 0.3 is 0 Å². The zero-order valence-electron chi connectivity index (χ0n) is 13.2. The lowest BCUT2D eigenvalue weighted by Crippen LogP contribution is -2.43. The highest BCUT2D eigenvalue weighted by atomic mass is 14.9. The summed E-state index contributed by atoms with van der Waals surface area (Å²) < 4.78 is 0. The Morgan fingerprint density at radius 1 is 0.909 bits per heavy atom. The third-order valence-electron chi connectivity index (χ3n) is 5.65. The molecule has 0 saturated heterocycles. The summed E-state index contributed by atoms with van der Waals surface area (Å²) in [5.74, 6) is 1.64. The molecule has 0 aromatic heterocycles. The fraction of sp³-hybridized carbons (Fsp3) is 0.429. The SMILES string of the molecule is c1ccc(CCC2CCC3c4ccccc4CNC3C2)cc1. The Balaban J connectivity index is 1.39. The Kier molecular flexibility index (Phi) is 3.99. The molecule has 1 heterocycles. The molecular formula is C21H25N. The van der Waals surface area contributed by atoms with Gasteiger partial charge in [0.2, 0.25) is 0 Å². The molecule has 114 valence electrons. The van der Waals surface area contributed by atoms with Crippen molar-refractivity contribution in [2.24, 2.45) is 5.92 Å². The normalized spacial score (nSPS) is 27.0. The summed E-state index contributed by atoms with van der Waals surface area (Å²) in [5.41, 5.74) is 4.63. The summed E-state index contributed by atoms with van der Waals surface area (Å²) in [6, 6.07) is 20.7. The quantitative estimate of drug-likeness (QED) is 0.866. The van der Waals surface area contributed by atoms with Gasteiger partial charge in [0.15, 0.2) is 0 Å². The molecule has 2 aromatic rings. The van der Waals surface area contributed by atoms with E-state index < -0.39 is 0 Å². The molecule has 22 heavy (non-hydrogen) atoms. The molecular weight excluding hydrogens is 266 g/mol. The maximum Gasteiger partial charge on any atom is 0.0211 e. The molecule has 2 aliphatic rings. The van der Waals surface area contributed by atoms with Crippen LogP contribution in [0.1, 0.15) is 48.3 Å². The molecule has 1 aliphatic carbocycles. The van der Waals surface area contributed by atoms with Crippen LogP contribution in [0.15, 0.2) is 54.6 Å². The number of hydrogen-bond donors (Lipinski definition) is 1. The van der Waals surface area contributed by atoms with E-state index in [2.05, 4.69) is 59.9 Å². The minimum Gasteiger partial charge on any atom is -0.309 e. The Hall–Kier alpha value is -1.60. The third kappa shape index (κ3) is 2.83. The number of aryl methyl sites for hydroxylation is 1. The summed E-state index contributed by atoms with van der Waals surface area (Å²) in [6.07, 6.45) is 6.68. The van der Waals surface area contributed by atoms with Crippen molar-refractivity contribution in [2.75, 3.05) is 0 Å². The molecule has 2 aromatic carbocycles. The van der Waals surface area contributed by atoms with E-state index in [0.717, 1.165) is 18.4 Å². The van der Waals surface area contributed by atoms with Gasteiger partial charge in [-0.2, -0.15) is 0 Å². The first-order valence-corrected chi connectivity index (χ1v) is 8.75. The van der Waals surface area contributed by atoms with Crippen molar-refractivity contribution >= 4 is 0 Å². The molecule has 0 amide bonds. The number of rotatable bonds is 3. The maximum atomic E-state index is 3.81. The summed E-state index contributed by atoms with van der Waals surface area (Å²) in [6.45, 7) is 1.06. The van der Waals surface area contributed by atoms with Gasteiger partial charge in [0, 0.05) is 12.6 Å². The number of hydrogen-bond acceptors (Lipinski definition) is 1. The van der Waals surface area contributed by atoms with Crippen LogP contribution in [-0.4, -0.2) is 6.04 Å². The Labute approximate surface area is 133 Å². The van der Waals surface area contributed by atoms with Crippen LogP contribution < -0.4 is 5.32 Å². The van der Waals surface area contributed by atoms with Crippen molar-refractivity contribution in [3.05, 3.63) is 71.3 Å². The Bertz CT molecular complexity index is 619. The van der Waals surface area contributed by atoms with E-state index in [0.29, 0.717) is 6.04 Å². The van der Waals surface area contributed by atoms with E-state index in [4.69, 9.17) is 0 Å². The van der Waals surface area contributed by atoms with Gasteiger partial charge in [-0.1, -0.05) is 54.6 Å². The second-order valence-electron chi connectivity index (χ2n) is 7.00. The molecule has 1 fully saturated rings. The minimum atomic E-state index is 0.699. The standard InChI is InChI=1S/C21H25N/c1-2-6-16(7-3-1)10-11-17-12-13-20-19-9-5-4-8-18(19)15-22-21(20)14-17/h1-9,17,20-22H,10-15H2. The molecule has 1 aliphatic heterocycles. The second-order valence-corrected chi connectivity index (χ2v) is 7.00. The zero-order chi connectivity index (χ0) is 14.8. The van der Waals surface area contributed by atoms with Crippen molar-refractivity contribution in [3.63, 3.8) is 0 Å². The first-order valence-electron chi connectivity index (χ1n) is 8.75. The van der Waals surface area contributed by atoms with Gasteiger partial charge in [0.05, 0.1) is 0 Å². The summed E-state index contributed by atoms with van der Waals surface area (Å²) in [4.78, 5) is 0. The molecule has 0 bridgehead atoms. The summed E-state index contributed by atoms with van der Waals surface area (Å²) in [5, 5.41) is 3.81. The van der Waals surface area contributed by atoms with Gasteiger partial charge in [-0.25, -0.2) is 0 Å². The van der Waals surface area contributed by atoms with Crippen LogP contribution in [-0.2, 0) is 13.0 Å². The van der Waals surface area contributed by atoms with E-state index in [9.17, 15) is 0 Å². The molecule has 1 heteroatoms. The van der Waals surface area contributed by atoms with Gasteiger partial charge in [-0.15, -0.1) is 0 Å². The largest absolute Gasteiger partial charge is 0.309 e. The predicted octanol–water partition coefficient (Wildman–Crippen LogP) is 4.67. The van der Waals surface area contributed by atoms with Crippen LogP contribution in [0.25, 0.3) is 0 Å². The van der Waals surface area contributed by atoms with Crippen molar-refractivity contribution in [1.29, 1.82) is 0 Å². The fourth-order valence-electron chi connectivity index (χ4n) is 4.43. The third-order valence-corrected chi connectivity index (χ3v) is 5.65. The first-order chi connectivity index (χ1) is 10.9. The smallest absolute Gasteiger partial charge is 0.0211 e. The van der Waals surface area contributed by atoms with Crippen LogP contribution in [0.3, 0.4) is 0 Å². The average molecular weight is 291 g/mol. The second kappa shape index (κ2) is 6.26. The van der Waals surface area contributed by atoms with E-state index in [1.807, 2.05) is 0 Å². The highest BCUT2D eigenvalue weighted by Gasteiger charge is 2.34. The monoisotopic (exact) mass is 291 g/mol. The highest BCUT2D eigenvalue weighted by Crippen LogP contribution is 2.41. The van der Waals surface area contributed by atoms with E-state index >= 15 is 0 Å². The fourth-order valence-corrected chi connectivity index (χ4v) is 4.43. The summed E-state index contributed by atoms with van der Waals surface area (Å²) >= 11 is 0. The molecule has 3 unspecified atom stereocenters. The predicted molar refractivity (Wildman–Crippen MR) is 91.9 cm³/mol. The highest BCUT2D eigenvalue weighted by molar-refractivity contribution is 5.34. The van der Waals surface area contributed by atoms with Crippen LogP contribution in [0.4, 0.5) is 0 Å². The molecule has 4 rings (SSSR count). The first kappa shape index (κ1) is 14.0. The topological polar surface area (TPSA) is 12.0 Å². The molecule has 1 nitrogen and oxygen atoms in total. The Morgan fingerprint density at radius 2 is 1.73 bits per heavy atom. The van der Waals surface area contributed by atoms with Crippen molar-refractivity contribution in [3.8, 4) is 0 Å². The maximum absolute atomic E-state index is 3.81. The summed E-state index contributed by atoms with van der Waals surface area (Å²) in [7, 11) is 0. The van der Waals surface area contributed by atoms with Gasteiger partial charge in [0.25, 0.3) is 0 Å². The van der Waals surface area contributed by atoms with Gasteiger partial charge < -0.3 is 5.32 Å². The lowest BCUT2D eigenvalue weighted by Gasteiger charge is -2.41. The van der Waals surface area contributed by atoms with Crippen molar-refractivity contribution in [2.45, 2.75) is 50.6 Å². The van der Waals surface area contributed by atoms with E-state index in [-0.39, 0.29) is 0 Å². The van der Waals surface area contributed by atoms with Crippen molar-refractivity contribution in [1.82, 2.24) is 5.32 Å². The van der Waals surface area contributed by atoms with Crippen molar-refractivity contribution < 1.29 is 0 Å². The zero-order valence-corrected chi connectivity index (χ0v) is 13.2. The van der Waals surface area contributed by atoms with Crippen LogP contribution in [0, 0.1) is 5.92 Å². The number of benzene rings is 2. The van der Waals surface area contributed by atoms with E-state index in [1.165, 1.54) is 43.2 Å². The van der Waals surface area contributed by atoms with Gasteiger partial charge in [0.1, 0.15) is 0 Å².